The van der Waals surface area contributed by atoms with Gasteiger partial charge in [-0.05, 0) is 60.1 Å². The lowest BCUT2D eigenvalue weighted by Crippen LogP contribution is -2.52. The van der Waals surface area contributed by atoms with Gasteiger partial charge >= 0.3 is 0 Å². The second-order valence-corrected chi connectivity index (χ2v) is 11.4. The molecule has 3 rings (SSSR count). The third-order valence-electron chi connectivity index (χ3n) is 6.76. The molecule has 2 aromatic rings. The highest BCUT2D eigenvalue weighted by Crippen LogP contribution is 2.26. The molecule has 196 valence electrons. The summed E-state index contributed by atoms with van der Waals surface area (Å²) in [5.41, 5.74) is 2.02. The highest BCUT2D eigenvalue weighted by Gasteiger charge is 2.30. The number of hydrogen-bond acceptors (Lipinski definition) is 3. The number of nitrogens with zero attached hydrogens (tertiary/aromatic N) is 1. The normalized spacial score (nSPS) is 15.3. The van der Waals surface area contributed by atoms with Crippen LogP contribution in [0.5, 0.6) is 5.75 Å². The molecule has 0 radical (unpaired) electrons. The van der Waals surface area contributed by atoms with Crippen LogP contribution in [0.25, 0.3) is 0 Å². The highest BCUT2D eigenvalue weighted by molar-refractivity contribution is 6.42. The van der Waals surface area contributed by atoms with E-state index >= 15 is 0 Å². The number of hydrogen-bond donors (Lipinski definition) is 1. The zero-order valence-electron chi connectivity index (χ0n) is 21.8. The SMILES string of the molecule is CC[C@H](C(=O)NC1CCCCC1)N(Cc1ccc(Cl)c(Cl)c1)C(=O)COc1ccc(C(C)(C)C)cc1. The molecule has 36 heavy (non-hydrogen) atoms. The maximum absolute atomic E-state index is 13.5. The van der Waals surface area contributed by atoms with Gasteiger partial charge in [0.2, 0.25) is 5.91 Å². The Bertz CT molecular complexity index is 1030. The van der Waals surface area contributed by atoms with Gasteiger partial charge in [-0.3, -0.25) is 9.59 Å². The molecular weight excluding hydrogens is 495 g/mol. The van der Waals surface area contributed by atoms with E-state index in [0.29, 0.717) is 22.2 Å². The zero-order valence-corrected chi connectivity index (χ0v) is 23.3. The van der Waals surface area contributed by atoms with Crippen molar-refractivity contribution in [2.24, 2.45) is 0 Å². The van der Waals surface area contributed by atoms with E-state index in [1.807, 2.05) is 37.3 Å². The van der Waals surface area contributed by atoms with Crippen LogP contribution >= 0.6 is 23.2 Å². The first-order valence-corrected chi connectivity index (χ1v) is 13.6. The molecule has 1 aliphatic carbocycles. The van der Waals surface area contributed by atoms with Crippen LogP contribution in [0.1, 0.15) is 77.3 Å². The van der Waals surface area contributed by atoms with E-state index in [4.69, 9.17) is 27.9 Å². The van der Waals surface area contributed by atoms with Gasteiger partial charge in [0, 0.05) is 12.6 Å². The Hall–Kier alpha value is -2.24. The molecule has 1 N–H and O–H groups in total. The molecule has 1 saturated carbocycles. The molecule has 1 aliphatic rings. The minimum Gasteiger partial charge on any atom is -0.484 e. The summed E-state index contributed by atoms with van der Waals surface area (Å²) in [5.74, 6) is 0.240. The first kappa shape index (κ1) is 28.3. The third-order valence-corrected chi connectivity index (χ3v) is 7.50. The van der Waals surface area contributed by atoms with Gasteiger partial charge in [-0.1, -0.05) is 88.4 Å². The molecule has 0 bridgehead atoms. The maximum Gasteiger partial charge on any atom is 0.261 e. The van der Waals surface area contributed by atoms with E-state index in [2.05, 4.69) is 26.1 Å². The Morgan fingerprint density at radius 3 is 2.28 bits per heavy atom. The number of halogens is 2. The van der Waals surface area contributed by atoms with Gasteiger partial charge < -0.3 is 15.0 Å². The van der Waals surface area contributed by atoms with E-state index in [9.17, 15) is 9.59 Å². The van der Waals surface area contributed by atoms with E-state index in [1.54, 1.807) is 17.0 Å². The molecule has 0 heterocycles. The molecule has 5 nitrogen and oxygen atoms in total. The van der Waals surface area contributed by atoms with Crippen molar-refractivity contribution in [2.75, 3.05) is 6.61 Å². The largest absolute Gasteiger partial charge is 0.484 e. The van der Waals surface area contributed by atoms with Crippen LogP contribution in [-0.4, -0.2) is 35.4 Å². The molecule has 1 fully saturated rings. The van der Waals surface area contributed by atoms with Crippen molar-refractivity contribution in [3.05, 3.63) is 63.6 Å². The second-order valence-electron chi connectivity index (χ2n) is 10.6. The van der Waals surface area contributed by atoms with Crippen LogP contribution in [0.2, 0.25) is 10.0 Å². The van der Waals surface area contributed by atoms with E-state index < -0.39 is 6.04 Å². The standard InChI is InChI=1S/C29H38Cl2N2O3/c1-5-26(28(35)32-22-9-7-6-8-10-22)33(18-20-11-16-24(30)25(31)17-20)27(34)19-36-23-14-12-21(13-15-23)29(2,3)4/h11-17,22,26H,5-10,18-19H2,1-4H3,(H,32,35)/t26-/m1/s1. The monoisotopic (exact) mass is 532 g/mol. The maximum atomic E-state index is 13.5. The predicted molar refractivity (Wildman–Crippen MR) is 147 cm³/mol. The van der Waals surface area contributed by atoms with E-state index in [1.165, 1.54) is 12.0 Å². The number of ether oxygens (including phenoxy) is 1. The molecule has 0 aliphatic heterocycles. The van der Waals surface area contributed by atoms with Crippen LogP contribution in [0.4, 0.5) is 0 Å². The van der Waals surface area contributed by atoms with Gasteiger partial charge in [-0.15, -0.1) is 0 Å². The lowest BCUT2D eigenvalue weighted by Gasteiger charge is -2.32. The van der Waals surface area contributed by atoms with Crippen molar-refractivity contribution in [3.8, 4) is 5.75 Å². The fourth-order valence-electron chi connectivity index (χ4n) is 4.58. The Morgan fingerprint density at radius 1 is 1.03 bits per heavy atom. The summed E-state index contributed by atoms with van der Waals surface area (Å²) in [6.07, 6.45) is 5.91. The smallest absolute Gasteiger partial charge is 0.261 e. The molecule has 0 unspecified atom stereocenters. The summed E-state index contributed by atoms with van der Waals surface area (Å²) in [4.78, 5) is 28.4. The molecule has 2 amide bonds. The Labute approximate surface area is 225 Å². The molecular formula is C29H38Cl2N2O3. The van der Waals surface area contributed by atoms with E-state index in [-0.39, 0.29) is 36.4 Å². The average Bonchev–Trinajstić information content (AvgIpc) is 2.85. The van der Waals surface area contributed by atoms with Crippen molar-refractivity contribution in [2.45, 2.75) is 90.3 Å². The van der Waals surface area contributed by atoms with Crippen molar-refractivity contribution in [1.82, 2.24) is 10.2 Å². The summed E-state index contributed by atoms with van der Waals surface area (Å²) in [7, 11) is 0. The third kappa shape index (κ3) is 7.88. The summed E-state index contributed by atoms with van der Waals surface area (Å²) in [6.45, 7) is 8.44. The molecule has 7 heteroatoms. The van der Waals surface area contributed by atoms with Crippen molar-refractivity contribution in [1.29, 1.82) is 0 Å². The number of rotatable bonds is 9. The van der Waals surface area contributed by atoms with Crippen LogP contribution in [0.15, 0.2) is 42.5 Å². The van der Waals surface area contributed by atoms with Gasteiger partial charge in [0.25, 0.3) is 5.91 Å². The van der Waals surface area contributed by atoms with Crippen LogP contribution < -0.4 is 10.1 Å². The van der Waals surface area contributed by atoms with Crippen LogP contribution in [0, 0.1) is 0 Å². The highest BCUT2D eigenvalue weighted by atomic mass is 35.5. The Kier molecular flexibility index (Phi) is 10.1. The minimum atomic E-state index is -0.610. The van der Waals surface area contributed by atoms with Gasteiger partial charge in [0.15, 0.2) is 6.61 Å². The fourth-order valence-corrected chi connectivity index (χ4v) is 4.90. The van der Waals surface area contributed by atoms with Gasteiger partial charge in [0.05, 0.1) is 10.0 Å². The fraction of sp³-hybridized carbons (Fsp3) is 0.517. The predicted octanol–water partition coefficient (Wildman–Crippen LogP) is 6.93. The van der Waals surface area contributed by atoms with Crippen molar-refractivity contribution in [3.63, 3.8) is 0 Å². The van der Waals surface area contributed by atoms with Gasteiger partial charge in [-0.25, -0.2) is 0 Å². The number of nitrogens with one attached hydrogen (secondary N) is 1. The molecule has 0 saturated heterocycles. The van der Waals surface area contributed by atoms with E-state index in [0.717, 1.165) is 31.2 Å². The molecule has 2 aromatic carbocycles. The van der Waals surface area contributed by atoms with Crippen LogP contribution in [-0.2, 0) is 21.5 Å². The first-order chi connectivity index (χ1) is 17.1. The number of carbonyl (C=O) groups is 2. The molecule has 1 atom stereocenters. The minimum absolute atomic E-state index is 0.0328. The number of benzene rings is 2. The quantitative estimate of drug-likeness (QED) is 0.381. The average molecular weight is 534 g/mol. The first-order valence-electron chi connectivity index (χ1n) is 12.9. The Balaban J connectivity index is 1.76. The summed E-state index contributed by atoms with van der Waals surface area (Å²) in [6, 6.07) is 12.6. The molecule has 0 spiro atoms. The topological polar surface area (TPSA) is 58.6 Å². The zero-order chi connectivity index (χ0) is 26.3. The number of carbonyl (C=O) groups excluding carboxylic acids is 2. The van der Waals surface area contributed by atoms with Gasteiger partial charge in [-0.2, -0.15) is 0 Å². The summed E-state index contributed by atoms with van der Waals surface area (Å²) in [5, 5.41) is 4.04. The lowest BCUT2D eigenvalue weighted by molar-refractivity contribution is -0.143. The van der Waals surface area contributed by atoms with Crippen LogP contribution in [0.3, 0.4) is 0 Å². The number of amides is 2. The Morgan fingerprint density at radius 2 is 1.69 bits per heavy atom. The van der Waals surface area contributed by atoms with Crippen molar-refractivity contribution < 1.29 is 14.3 Å². The summed E-state index contributed by atoms with van der Waals surface area (Å²) >= 11 is 12.3. The van der Waals surface area contributed by atoms with Crippen molar-refractivity contribution >= 4 is 35.0 Å². The molecule has 0 aromatic heterocycles. The summed E-state index contributed by atoms with van der Waals surface area (Å²) < 4.78 is 5.85. The van der Waals surface area contributed by atoms with Gasteiger partial charge in [0.1, 0.15) is 11.8 Å². The second kappa shape index (κ2) is 12.8. The lowest BCUT2D eigenvalue weighted by atomic mass is 9.87.